The molecule has 0 aliphatic carbocycles. The fraction of sp³-hybridized carbons (Fsp3) is 0.350. The Morgan fingerprint density at radius 3 is 1.94 bits per heavy atom. The molecule has 2 aromatic rings. The minimum Gasteiger partial charge on any atom is -0.487 e. The molecule has 0 aliphatic heterocycles. The van der Waals surface area contributed by atoms with Crippen molar-refractivity contribution in [1.82, 2.24) is 0 Å². The summed E-state index contributed by atoms with van der Waals surface area (Å²) in [7, 11) is 0. The second-order valence-corrected chi connectivity index (χ2v) is 7.23. The van der Waals surface area contributed by atoms with Crippen LogP contribution in [0.15, 0.2) is 36.4 Å². The number of benzene rings is 2. The molecule has 0 spiro atoms. The molecule has 176 valence electrons. The number of hydrogen-bond acceptors (Lipinski definition) is 3. The maximum Gasteiger partial charge on any atom is 0.422 e. The number of hydrogen-bond donors (Lipinski definition) is 2. The highest BCUT2D eigenvalue weighted by atomic mass is 32.1. The molecule has 0 aliphatic rings. The first-order chi connectivity index (χ1) is 14.7. The standard InChI is InChI=1S/C20H19F7N2O2S/c1-11-3-4-13(5-12(11)2)28-18(32)29-14-6-15(30-9-19(23,24)17(21)22)8-16(7-14)31-10-20(25,26)27/h3-8,17H,9-10H2,1-2H3,(H2,28,29,32). The summed E-state index contributed by atoms with van der Waals surface area (Å²) >= 11 is 5.16. The molecule has 0 aromatic heterocycles. The molecule has 0 amide bonds. The van der Waals surface area contributed by atoms with Gasteiger partial charge in [0.05, 0.1) is 0 Å². The molecule has 32 heavy (non-hydrogen) atoms. The Kier molecular flexibility index (Phi) is 8.16. The van der Waals surface area contributed by atoms with Crippen LogP contribution in [0.2, 0.25) is 0 Å². The molecule has 0 fully saturated rings. The third-order valence-corrected chi connectivity index (χ3v) is 4.26. The average molecular weight is 484 g/mol. The second kappa shape index (κ2) is 10.2. The Labute approximate surface area is 184 Å². The molecule has 4 nitrogen and oxygen atoms in total. The van der Waals surface area contributed by atoms with Crippen molar-refractivity contribution in [2.24, 2.45) is 0 Å². The van der Waals surface area contributed by atoms with Crippen LogP contribution in [0.5, 0.6) is 11.5 Å². The van der Waals surface area contributed by atoms with E-state index in [1.54, 1.807) is 6.07 Å². The van der Waals surface area contributed by atoms with Crippen molar-refractivity contribution >= 4 is 28.7 Å². The van der Waals surface area contributed by atoms with Crippen molar-refractivity contribution in [3.05, 3.63) is 47.5 Å². The monoisotopic (exact) mass is 484 g/mol. The van der Waals surface area contributed by atoms with E-state index in [4.69, 9.17) is 12.2 Å². The largest absolute Gasteiger partial charge is 0.487 e. The van der Waals surface area contributed by atoms with Gasteiger partial charge in [0.15, 0.2) is 18.3 Å². The maximum absolute atomic E-state index is 13.1. The van der Waals surface area contributed by atoms with Gasteiger partial charge < -0.3 is 20.1 Å². The van der Waals surface area contributed by atoms with E-state index in [9.17, 15) is 30.7 Å². The molecule has 2 N–H and O–H groups in total. The number of alkyl halides is 7. The van der Waals surface area contributed by atoms with Gasteiger partial charge in [0.25, 0.3) is 0 Å². The van der Waals surface area contributed by atoms with Crippen LogP contribution in [0.3, 0.4) is 0 Å². The Hall–Kier alpha value is -2.76. The van der Waals surface area contributed by atoms with Crippen molar-refractivity contribution in [2.75, 3.05) is 23.8 Å². The first-order valence-corrected chi connectivity index (χ1v) is 9.45. The number of ether oxygens (including phenoxy) is 2. The highest BCUT2D eigenvalue weighted by molar-refractivity contribution is 7.80. The first-order valence-electron chi connectivity index (χ1n) is 9.04. The Balaban J connectivity index is 2.18. The molecular formula is C20H19F7N2O2S. The van der Waals surface area contributed by atoms with E-state index in [0.717, 1.165) is 29.3 Å². The second-order valence-electron chi connectivity index (χ2n) is 6.83. The summed E-state index contributed by atoms with van der Waals surface area (Å²) in [5.41, 5.74) is 2.69. The third kappa shape index (κ3) is 8.06. The van der Waals surface area contributed by atoms with E-state index in [1.807, 2.05) is 26.0 Å². The van der Waals surface area contributed by atoms with Gasteiger partial charge in [0, 0.05) is 29.6 Å². The Bertz CT molecular complexity index is 952. The van der Waals surface area contributed by atoms with E-state index >= 15 is 0 Å². The van der Waals surface area contributed by atoms with Crippen LogP contribution in [0.25, 0.3) is 0 Å². The normalized spacial score (nSPS) is 11.9. The van der Waals surface area contributed by atoms with Crippen LogP contribution in [0.1, 0.15) is 11.1 Å². The van der Waals surface area contributed by atoms with Gasteiger partial charge in [-0.3, -0.25) is 0 Å². The van der Waals surface area contributed by atoms with Crippen molar-refractivity contribution in [2.45, 2.75) is 32.4 Å². The molecule has 0 unspecified atom stereocenters. The lowest BCUT2D eigenvalue weighted by Crippen LogP contribution is -2.33. The van der Waals surface area contributed by atoms with Crippen LogP contribution < -0.4 is 20.1 Å². The zero-order chi connectivity index (χ0) is 24.1. The minimum atomic E-state index is -4.66. The van der Waals surface area contributed by atoms with Gasteiger partial charge in [0.1, 0.15) is 11.5 Å². The van der Waals surface area contributed by atoms with Gasteiger partial charge in [-0.15, -0.1) is 0 Å². The molecule has 2 rings (SSSR count). The quantitative estimate of drug-likeness (QED) is 0.339. The molecule has 0 bridgehead atoms. The summed E-state index contributed by atoms with van der Waals surface area (Å²) < 4.78 is 97.7. The lowest BCUT2D eigenvalue weighted by Gasteiger charge is -2.18. The number of nitrogens with one attached hydrogen (secondary N) is 2. The number of anilines is 2. The molecule has 12 heteroatoms. The predicted molar refractivity (Wildman–Crippen MR) is 110 cm³/mol. The fourth-order valence-corrected chi connectivity index (χ4v) is 2.57. The summed E-state index contributed by atoms with van der Waals surface area (Å²) in [6, 6.07) is 8.52. The van der Waals surface area contributed by atoms with Gasteiger partial charge in [-0.05, 0) is 49.3 Å². The zero-order valence-corrected chi connectivity index (χ0v) is 17.6. The number of halogens is 7. The minimum absolute atomic E-state index is 0.0290. The lowest BCUT2D eigenvalue weighted by atomic mass is 10.1. The Morgan fingerprint density at radius 1 is 0.844 bits per heavy atom. The van der Waals surface area contributed by atoms with Crippen molar-refractivity contribution in [3.63, 3.8) is 0 Å². The van der Waals surface area contributed by atoms with Gasteiger partial charge in [-0.2, -0.15) is 22.0 Å². The van der Waals surface area contributed by atoms with E-state index in [-0.39, 0.29) is 10.8 Å². The zero-order valence-electron chi connectivity index (χ0n) is 16.8. The molecule has 0 radical (unpaired) electrons. The highest BCUT2D eigenvalue weighted by Crippen LogP contribution is 2.30. The van der Waals surface area contributed by atoms with Crippen molar-refractivity contribution in [1.29, 1.82) is 0 Å². The lowest BCUT2D eigenvalue weighted by molar-refractivity contribution is -0.153. The van der Waals surface area contributed by atoms with Crippen LogP contribution in [0, 0.1) is 13.8 Å². The fourth-order valence-electron chi connectivity index (χ4n) is 2.33. The summed E-state index contributed by atoms with van der Waals surface area (Å²) in [6.07, 6.45) is -8.63. The SMILES string of the molecule is Cc1ccc(NC(=S)Nc2cc(OCC(F)(F)F)cc(OCC(F)(F)C(F)F)c2)cc1C. The number of rotatable bonds is 8. The van der Waals surface area contributed by atoms with Crippen molar-refractivity contribution < 1.29 is 40.2 Å². The van der Waals surface area contributed by atoms with Gasteiger partial charge in [-0.25, -0.2) is 8.78 Å². The van der Waals surface area contributed by atoms with E-state index in [0.29, 0.717) is 5.69 Å². The summed E-state index contributed by atoms with van der Waals surface area (Å²) in [5, 5.41) is 5.56. The summed E-state index contributed by atoms with van der Waals surface area (Å²) in [4.78, 5) is 0. The number of aryl methyl sites for hydroxylation is 2. The molecule has 2 aromatic carbocycles. The summed E-state index contributed by atoms with van der Waals surface area (Å²) in [5.74, 6) is -5.26. The third-order valence-electron chi connectivity index (χ3n) is 4.06. The van der Waals surface area contributed by atoms with Gasteiger partial charge in [-0.1, -0.05) is 6.07 Å². The van der Waals surface area contributed by atoms with Gasteiger partial charge >= 0.3 is 18.5 Å². The molecule has 0 heterocycles. The van der Waals surface area contributed by atoms with E-state index < -0.39 is 43.2 Å². The molecule has 0 atom stereocenters. The maximum atomic E-state index is 13.1. The molecular weight excluding hydrogens is 465 g/mol. The van der Waals surface area contributed by atoms with Crippen LogP contribution in [-0.2, 0) is 0 Å². The summed E-state index contributed by atoms with van der Waals surface area (Å²) in [6.45, 7) is 0.463. The topological polar surface area (TPSA) is 42.5 Å². The molecule has 0 saturated carbocycles. The first kappa shape index (κ1) is 25.5. The van der Waals surface area contributed by atoms with Crippen LogP contribution in [-0.4, -0.2) is 36.9 Å². The average Bonchev–Trinajstić information content (AvgIpc) is 2.67. The smallest absolute Gasteiger partial charge is 0.422 e. The van der Waals surface area contributed by atoms with Crippen LogP contribution in [0.4, 0.5) is 42.1 Å². The van der Waals surface area contributed by atoms with Gasteiger partial charge in [0.2, 0.25) is 0 Å². The predicted octanol–water partition coefficient (Wildman–Crippen LogP) is 6.33. The van der Waals surface area contributed by atoms with Crippen molar-refractivity contribution in [3.8, 4) is 11.5 Å². The Morgan fingerprint density at radius 2 is 1.41 bits per heavy atom. The molecule has 0 saturated heterocycles. The van der Waals surface area contributed by atoms with E-state index in [1.165, 1.54) is 0 Å². The van der Waals surface area contributed by atoms with E-state index in [2.05, 4.69) is 20.1 Å². The van der Waals surface area contributed by atoms with Crippen LogP contribution >= 0.6 is 12.2 Å². The highest BCUT2D eigenvalue weighted by Gasteiger charge is 2.41. The number of thiocarbonyl (C=S) groups is 1.